The lowest BCUT2D eigenvalue weighted by molar-refractivity contribution is -0.145. The van der Waals surface area contributed by atoms with Crippen molar-refractivity contribution < 1.29 is 28.9 Å². The van der Waals surface area contributed by atoms with Crippen molar-refractivity contribution in [1.29, 1.82) is 0 Å². The van der Waals surface area contributed by atoms with Crippen LogP contribution in [0.1, 0.15) is 25.8 Å². The van der Waals surface area contributed by atoms with E-state index in [1.807, 2.05) is 13.8 Å². The maximum absolute atomic E-state index is 12.9. The van der Waals surface area contributed by atoms with Gasteiger partial charge in [0.2, 0.25) is 5.75 Å². The largest absolute Gasteiger partial charge is 0.493 e. The number of carbonyl (C=O) groups is 2. The number of aliphatic carboxylic acids is 1. The van der Waals surface area contributed by atoms with Crippen LogP contribution in [0.25, 0.3) is 6.08 Å². The molecule has 28 heavy (non-hydrogen) atoms. The lowest BCUT2D eigenvalue weighted by Gasteiger charge is -2.24. The van der Waals surface area contributed by atoms with Gasteiger partial charge in [0.05, 0.1) is 26.2 Å². The minimum Gasteiger partial charge on any atom is -0.493 e. The van der Waals surface area contributed by atoms with Gasteiger partial charge in [-0.25, -0.2) is 4.79 Å². The molecule has 1 N–H and O–H groups in total. The molecule has 1 atom stereocenters. The molecule has 1 aliphatic heterocycles. The number of carboxylic acids is 1. The van der Waals surface area contributed by atoms with Crippen LogP contribution >= 0.6 is 24.0 Å². The van der Waals surface area contributed by atoms with Crippen molar-refractivity contribution in [2.45, 2.75) is 26.3 Å². The van der Waals surface area contributed by atoms with Gasteiger partial charge in [0, 0.05) is 0 Å². The van der Waals surface area contributed by atoms with E-state index in [2.05, 4.69) is 0 Å². The molecule has 7 nitrogen and oxygen atoms in total. The van der Waals surface area contributed by atoms with Gasteiger partial charge in [-0.05, 0) is 36.1 Å². The molecular weight excluding hydrogens is 402 g/mol. The Labute approximate surface area is 173 Å². The number of ether oxygens (including phenoxy) is 3. The van der Waals surface area contributed by atoms with Crippen molar-refractivity contribution >= 4 is 46.3 Å². The summed E-state index contributed by atoms with van der Waals surface area (Å²) in [6.07, 6.45) is 1.96. The number of hydrogen-bond acceptors (Lipinski definition) is 7. The molecule has 1 heterocycles. The first-order valence-electron chi connectivity index (χ1n) is 8.53. The van der Waals surface area contributed by atoms with E-state index in [0.29, 0.717) is 34.1 Å². The number of thioether (sulfide) groups is 1. The van der Waals surface area contributed by atoms with Gasteiger partial charge in [0.15, 0.2) is 11.5 Å². The number of methoxy groups -OCH3 is 3. The van der Waals surface area contributed by atoms with E-state index >= 15 is 0 Å². The summed E-state index contributed by atoms with van der Waals surface area (Å²) in [5.41, 5.74) is 0.644. The topological polar surface area (TPSA) is 85.3 Å². The first-order chi connectivity index (χ1) is 13.2. The normalized spacial score (nSPS) is 16.6. The first-order valence-corrected chi connectivity index (χ1v) is 9.75. The summed E-state index contributed by atoms with van der Waals surface area (Å²) in [6, 6.07) is 2.42. The van der Waals surface area contributed by atoms with Crippen molar-refractivity contribution in [3.63, 3.8) is 0 Å². The van der Waals surface area contributed by atoms with Crippen LogP contribution in [0.3, 0.4) is 0 Å². The Hall–Kier alpha value is -2.26. The fourth-order valence-corrected chi connectivity index (χ4v) is 4.20. The maximum atomic E-state index is 12.9. The highest BCUT2D eigenvalue weighted by Crippen LogP contribution is 2.40. The van der Waals surface area contributed by atoms with Crippen LogP contribution < -0.4 is 14.2 Å². The molecule has 1 aliphatic rings. The maximum Gasteiger partial charge on any atom is 0.326 e. The predicted molar refractivity (Wildman–Crippen MR) is 112 cm³/mol. The van der Waals surface area contributed by atoms with Crippen LogP contribution in [0.2, 0.25) is 0 Å². The van der Waals surface area contributed by atoms with E-state index in [-0.39, 0.29) is 10.2 Å². The zero-order valence-corrected chi connectivity index (χ0v) is 18.0. The second-order valence-electron chi connectivity index (χ2n) is 6.49. The van der Waals surface area contributed by atoms with Gasteiger partial charge in [0.25, 0.3) is 5.91 Å². The molecule has 1 amide bonds. The van der Waals surface area contributed by atoms with Crippen molar-refractivity contribution in [1.82, 2.24) is 4.90 Å². The number of thiocarbonyl (C=S) groups is 1. The summed E-state index contributed by atoms with van der Waals surface area (Å²) in [7, 11) is 4.51. The van der Waals surface area contributed by atoms with Crippen LogP contribution in [0.5, 0.6) is 17.2 Å². The zero-order valence-electron chi connectivity index (χ0n) is 16.3. The highest BCUT2D eigenvalue weighted by Gasteiger charge is 2.40. The monoisotopic (exact) mass is 425 g/mol. The van der Waals surface area contributed by atoms with Gasteiger partial charge in [-0.3, -0.25) is 9.69 Å². The van der Waals surface area contributed by atoms with Gasteiger partial charge >= 0.3 is 5.97 Å². The van der Waals surface area contributed by atoms with Gasteiger partial charge in [-0.1, -0.05) is 37.8 Å². The van der Waals surface area contributed by atoms with Crippen molar-refractivity contribution in [3.05, 3.63) is 22.6 Å². The average Bonchev–Trinajstić information content (AvgIpc) is 2.91. The summed E-state index contributed by atoms with van der Waals surface area (Å²) < 4.78 is 16.2. The number of carbonyl (C=O) groups excluding carboxylic acids is 1. The van der Waals surface area contributed by atoms with E-state index < -0.39 is 17.9 Å². The molecule has 0 unspecified atom stereocenters. The number of nitrogens with zero attached hydrogens (tertiary/aromatic N) is 1. The average molecular weight is 426 g/mol. The summed E-state index contributed by atoms with van der Waals surface area (Å²) in [6.45, 7) is 3.80. The molecule has 0 saturated carbocycles. The van der Waals surface area contributed by atoms with Gasteiger partial charge in [-0.15, -0.1) is 0 Å². The molecule has 0 aromatic heterocycles. The number of benzene rings is 1. The Kier molecular flexibility index (Phi) is 7.31. The SMILES string of the molecule is COc1cc(/C=C2\SC(=S)N([C@H](CC(C)C)C(=O)O)C2=O)cc(OC)c1OC. The second-order valence-corrected chi connectivity index (χ2v) is 8.17. The Balaban J connectivity index is 2.42. The Morgan fingerprint density at radius 3 is 2.21 bits per heavy atom. The highest BCUT2D eigenvalue weighted by molar-refractivity contribution is 8.26. The summed E-state index contributed by atoms with van der Waals surface area (Å²) in [5.74, 6) is -0.0446. The molecule has 0 spiro atoms. The first kappa shape index (κ1) is 22.0. The lowest BCUT2D eigenvalue weighted by Crippen LogP contribution is -2.44. The Morgan fingerprint density at radius 2 is 1.79 bits per heavy atom. The van der Waals surface area contributed by atoms with Crippen LogP contribution in [-0.2, 0) is 9.59 Å². The molecule has 1 aromatic carbocycles. The van der Waals surface area contributed by atoms with E-state index in [1.54, 1.807) is 18.2 Å². The lowest BCUT2D eigenvalue weighted by atomic mass is 10.0. The van der Waals surface area contributed by atoms with Crippen LogP contribution in [0.4, 0.5) is 0 Å². The van der Waals surface area contributed by atoms with Gasteiger partial charge in [-0.2, -0.15) is 0 Å². The third-order valence-electron chi connectivity index (χ3n) is 4.10. The zero-order chi connectivity index (χ0) is 21.0. The predicted octanol–water partition coefficient (Wildman–Crippen LogP) is 3.41. The van der Waals surface area contributed by atoms with E-state index in [4.69, 9.17) is 26.4 Å². The Bertz CT molecular complexity index is 796. The van der Waals surface area contributed by atoms with Crippen LogP contribution in [0.15, 0.2) is 17.0 Å². The highest BCUT2D eigenvalue weighted by atomic mass is 32.2. The fraction of sp³-hybridized carbons (Fsp3) is 0.421. The van der Waals surface area contributed by atoms with Crippen molar-refractivity contribution in [3.8, 4) is 17.2 Å². The summed E-state index contributed by atoms with van der Waals surface area (Å²) in [4.78, 5) is 26.1. The third-order valence-corrected chi connectivity index (χ3v) is 5.43. The number of hydrogen-bond donors (Lipinski definition) is 1. The molecule has 1 saturated heterocycles. The number of amides is 1. The molecular formula is C19H23NO6S2. The minimum atomic E-state index is -1.07. The second kappa shape index (κ2) is 9.29. The number of carboxylic acid groups (broad SMARTS) is 1. The molecule has 0 aliphatic carbocycles. The van der Waals surface area contributed by atoms with E-state index in [1.165, 1.54) is 26.2 Å². The van der Waals surface area contributed by atoms with Crippen LogP contribution in [-0.4, -0.2) is 53.6 Å². The van der Waals surface area contributed by atoms with E-state index in [9.17, 15) is 14.7 Å². The summed E-state index contributed by atoms with van der Waals surface area (Å²) >= 11 is 6.37. The van der Waals surface area contributed by atoms with Gasteiger partial charge in [0.1, 0.15) is 10.4 Å². The van der Waals surface area contributed by atoms with Crippen molar-refractivity contribution in [2.24, 2.45) is 5.92 Å². The molecule has 152 valence electrons. The molecule has 1 fully saturated rings. The van der Waals surface area contributed by atoms with Gasteiger partial charge < -0.3 is 19.3 Å². The van der Waals surface area contributed by atoms with Crippen molar-refractivity contribution in [2.75, 3.05) is 21.3 Å². The molecule has 0 radical (unpaired) electrons. The third kappa shape index (κ3) is 4.59. The molecule has 2 rings (SSSR count). The quantitative estimate of drug-likeness (QED) is 0.501. The molecule has 1 aromatic rings. The minimum absolute atomic E-state index is 0.102. The van der Waals surface area contributed by atoms with E-state index in [0.717, 1.165) is 11.8 Å². The standard InChI is InChI=1S/C19H23NO6S2/c1-10(2)6-12(18(22)23)20-17(21)15(28-19(20)27)9-11-7-13(24-3)16(26-5)14(8-11)25-4/h7-10,12H,6H2,1-5H3,(H,22,23)/b15-9-/t12-/m1/s1. The smallest absolute Gasteiger partial charge is 0.326 e. The summed E-state index contributed by atoms with van der Waals surface area (Å²) in [5, 5.41) is 9.56. The van der Waals surface area contributed by atoms with Crippen LogP contribution in [0, 0.1) is 5.92 Å². The molecule has 0 bridgehead atoms. The fourth-order valence-electron chi connectivity index (χ4n) is 2.85. The number of rotatable bonds is 8. The Morgan fingerprint density at radius 1 is 1.21 bits per heavy atom. The molecule has 9 heteroatoms.